The molecule has 160 valence electrons. The molecule has 0 unspecified atom stereocenters. The molecule has 5 aromatic rings. The van der Waals surface area contributed by atoms with Gasteiger partial charge in [-0.05, 0) is 72.0 Å². The minimum Gasteiger partial charge on any atom is -0.310 e. The first-order chi connectivity index (χ1) is 16.2. The van der Waals surface area contributed by atoms with Crippen LogP contribution in [0.1, 0.15) is 11.1 Å². The Morgan fingerprint density at radius 2 is 0.848 bits per heavy atom. The topological polar surface area (TPSA) is 3.24 Å². The van der Waals surface area contributed by atoms with Crippen molar-refractivity contribution in [3.05, 3.63) is 139 Å². The molecule has 33 heavy (non-hydrogen) atoms. The number of nitrogens with zero attached hydrogens (tertiary/aromatic N) is 1. The largest absolute Gasteiger partial charge is 0.310 e. The fourth-order valence-corrected chi connectivity index (χ4v) is 4.54. The van der Waals surface area contributed by atoms with Gasteiger partial charge in [0.25, 0.3) is 0 Å². The lowest BCUT2D eigenvalue weighted by atomic mass is 9.88. The maximum absolute atomic E-state index is 2.36. The first kappa shape index (κ1) is 20.8. The van der Waals surface area contributed by atoms with Crippen molar-refractivity contribution in [2.24, 2.45) is 0 Å². The summed E-state index contributed by atoms with van der Waals surface area (Å²) >= 11 is 0. The second-order valence-corrected chi connectivity index (χ2v) is 8.34. The monoisotopic (exact) mass is 425 g/mol. The van der Waals surface area contributed by atoms with E-state index in [1.54, 1.807) is 0 Å². The van der Waals surface area contributed by atoms with Gasteiger partial charge in [-0.2, -0.15) is 0 Å². The Balaban J connectivity index is 1.86. The van der Waals surface area contributed by atoms with Gasteiger partial charge in [0.2, 0.25) is 0 Å². The van der Waals surface area contributed by atoms with E-state index in [4.69, 9.17) is 0 Å². The predicted molar refractivity (Wildman–Crippen MR) is 141 cm³/mol. The Morgan fingerprint density at radius 3 is 1.39 bits per heavy atom. The lowest BCUT2D eigenvalue weighted by Crippen LogP contribution is -2.11. The summed E-state index contributed by atoms with van der Waals surface area (Å²) in [6.07, 6.45) is 0. The second kappa shape index (κ2) is 9.18. The average molecular weight is 426 g/mol. The van der Waals surface area contributed by atoms with Gasteiger partial charge < -0.3 is 4.90 Å². The van der Waals surface area contributed by atoms with Crippen LogP contribution in [0.5, 0.6) is 0 Å². The fourth-order valence-electron chi connectivity index (χ4n) is 4.54. The number of aryl methyl sites for hydroxylation is 2. The van der Waals surface area contributed by atoms with E-state index in [-0.39, 0.29) is 0 Å². The van der Waals surface area contributed by atoms with Crippen LogP contribution in [0, 0.1) is 13.8 Å². The number of anilines is 3. The Morgan fingerprint density at radius 1 is 0.394 bits per heavy atom. The third-order valence-corrected chi connectivity index (χ3v) is 6.16. The number of hydrogen-bond acceptors (Lipinski definition) is 1. The number of rotatable bonds is 5. The molecular weight excluding hydrogens is 398 g/mol. The van der Waals surface area contributed by atoms with Crippen molar-refractivity contribution in [3.63, 3.8) is 0 Å². The molecule has 0 aliphatic rings. The van der Waals surface area contributed by atoms with Crippen LogP contribution in [-0.2, 0) is 0 Å². The van der Waals surface area contributed by atoms with Crippen LogP contribution >= 0.6 is 0 Å². The van der Waals surface area contributed by atoms with E-state index >= 15 is 0 Å². The predicted octanol–water partition coefficient (Wildman–Crippen LogP) is 9.11. The molecule has 0 radical (unpaired) electrons. The Bertz CT molecular complexity index is 1330. The maximum Gasteiger partial charge on any atom is 0.0546 e. The SMILES string of the molecule is Cc1ccccc1-c1cccc(N(c2ccccc2)c2ccccc2)c1-c1ccccc1C. The molecule has 5 aromatic carbocycles. The second-order valence-electron chi connectivity index (χ2n) is 8.34. The van der Waals surface area contributed by atoms with Crippen LogP contribution in [-0.4, -0.2) is 0 Å². The normalized spacial score (nSPS) is 10.7. The van der Waals surface area contributed by atoms with Crippen LogP contribution in [0.3, 0.4) is 0 Å². The van der Waals surface area contributed by atoms with Gasteiger partial charge in [0.15, 0.2) is 0 Å². The van der Waals surface area contributed by atoms with Gasteiger partial charge in [-0.25, -0.2) is 0 Å². The van der Waals surface area contributed by atoms with Gasteiger partial charge in [0.1, 0.15) is 0 Å². The van der Waals surface area contributed by atoms with E-state index in [0.717, 1.165) is 11.4 Å². The highest BCUT2D eigenvalue weighted by Gasteiger charge is 2.21. The molecule has 0 heterocycles. The molecule has 0 saturated heterocycles. The molecule has 0 spiro atoms. The number of benzene rings is 5. The highest BCUT2D eigenvalue weighted by Crippen LogP contribution is 2.46. The van der Waals surface area contributed by atoms with E-state index in [0.29, 0.717) is 0 Å². The molecule has 0 saturated carbocycles. The van der Waals surface area contributed by atoms with Gasteiger partial charge in [0.05, 0.1) is 5.69 Å². The van der Waals surface area contributed by atoms with Gasteiger partial charge in [-0.15, -0.1) is 0 Å². The number of hydrogen-bond donors (Lipinski definition) is 0. The van der Waals surface area contributed by atoms with E-state index in [2.05, 4.69) is 146 Å². The van der Waals surface area contributed by atoms with Gasteiger partial charge >= 0.3 is 0 Å². The van der Waals surface area contributed by atoms with E-state index in [1.807, 2.05) is 0 Å². The molecule has 1 heteroatoms. The van der Waals surface area contributed by atoms with Gasteiger partial charge in [0, 0.05) is 16.9 Å². The zero-order valence-electron chi connectivity index (χ0n) is 19.1. The van der Waals surface area contributed by atoms with Gasteiger partial charge in [-0.3, -0.25) is 0 Å². The van der Waals surface area contributed by atoms with Crippen molar-refractivity contribution in [1.29, 1.82) is 0 Å². The summed E-state index contributed by atoms with van der Waals surface area (Å²) in [6.45, 7) is 4.39. The smallest absolute Gasteiger partial charge is 0.0546 e. The van der Waals surface area contributed by atoms with E-state index in [9.17, 15) is 0 Å². The molecule has 0 aliphatic carbocycles. The van der Waals surface area contributed by atoms with Crippen molar-refractivity contribution in [1.82, 2.24) is 0 Å². The van der Waals surface area contributed by atoms with Gasteiger partial charge in [-0.1, -0.05) is 97.1 Å². The molecule has 0 bridgehead atoms. The summed E-state index contributed by atoms with van der Waals surface area (Å²) in [5.74, 6) is 0. The van der Waals surface area contributed by atoms with Crippen molar-refractivity contribution in [2.45, 2.75) is 13.8 Å². The quantitative estimate of drug-likeness (QED) is 0.271. The third-order valence-electron chi connectivity index (χ3n) is 6.16. The lowest BCUT2D eigenvalue weighted by molar-refractivity contribution is 1.28. The molecule has 5 rings (SSSR count). The molecule has 0 aliphatic heterocycles. The van der Waals surface area contributed by atoms with Crippen LogP contribution in [0.25, 0.3) is 22.3 Å². The summed E-state index contributed by atoms with van der Waals surface area (Å²) < 4.78 is 0. The van der Waals surface area contributed by atoms with Crippen molar-refractivity contribution in [3.8, 4) is 22.3 Å². The lowest BCUT2D eigenvalue weighted by Gasteiger charge is -2.29. The highest BCUT2D eigenvalue weighted by atomic mass is 15.1. The van der Waals surface area contributed by atoms with Crippen molar-refractivity contribution >= 4 is 17.1 Å². The summed E-state index contributed by atoms with van der Waals surface area (Å²) in [6, 6.07) is 45.3. The standard InChI is InChI=1S/C32H27N/c1-24-14-9-11-20-28(24)30-22-13-23-31(32(30)29-21-12-10-15-25(29)2)33(26-16-5-3-6-17-26)27-18-7-4-8-19-27/h3-23H,1-2H3. The van der Waals surface area contributed by atoms with E-state index < -0.39 is 0 Å². The summed E-state index contributed by atoms with van der Waals surface area (Å²) in [5, 5.41) is 0. The molecule has 0 N–H and O–H groups in total. The molecule has 0 atom stereocenters. The summed E-state index contributed by atoms with van der Waals surface area (Å²) in [4.78, 5) is 2.36. The third kappa shape index (κ3) is 4.06. The van der Waals surface area contributed by atoms with Crippen LogP contribution in [0.4, 0.5) is 17.1 Å². The first-order valence-electron chi connectivity index (χ1n) is 11.4. The molecule has 1 nitrogen and oxygen atoms in total. The summed E-state index contributed by atoms with van der Waals surface area (Å²) in [7, 11) is 0. The minimum absolute atomic E-state index is 1.14. The number of para-hydroxylation sites is 2. The van der Waals surface area contributed by atoms with Crippen molar-refractivity contribution in [2.75, 3.05) is 4.90 Å². The first-order valence-corrected chi connectivity index (χ1v) is 11.4. The van der Waals surface area contributed by atoms with Crippen LogP contribution in [0.15, 0.2) is 127 Å². The van der Waals surface area contributed by atoms with Crippen LogP contribution in [0.2, 0.25) is 0 Å². The van der Waals surface area contributed by atoms with Crippen molar-refractivity contribution < 1.29 is 0 Å². The molecule has 0 aromatic heterocycles. The molecular formula is C32H27N. The Hall–Kier alpha value is -4.10. The average Bonchev–Trinajstić information content (AvgIpc) is 2.86. The minimum atomic E-state index is 1.14. The zero-order valence-corrected chi connectivity index (χ0v) is 19.1. The highest BCUT2D eigenvalue weighted by molar-refractivity contribution is 5.97. The molecule has 0 fully saturated rings. The zero-order chi connectivity index (χ0) is 22.6. The summed E-state index contributed by atoms with van der Waals surface area (Å²) in [5.41, 5.74) is 11.0. The Labute approximate surface area is 196 Å². The Kier molecular flexibility index (Phi) is 5.78. The van der Waals surface area contributed by atoms with Crippen LogP contribution < -0.4 is 4.90 Å². The van der Waals surface area contributed by atoms with E-state index in [1.165, 1.54) is 39.1 Å². The fraction of sp³-hybridized carbons (Fsp3) is 0.0625. The maximum atomic E-state index is 2.36. The molecule has 0 amide bonds.